The molecule has 0 spiro atoms. The molecule has 1 aromatic rings. The molecule has 0 saturated carbocycles. The molecule has 2 unspecified atom stereocenters. The molecule has 2 atom stereocenters. The second kappa shape index (κ2) is 5.91. The minimum absolute atomic E-state index is 0.0248. The maximum absolute atomic E-state index is 12.7. The molecular formula is C14H16F3NO3S. The van der Waals surface area contributed by atoms with Gasteiger partial charge in [0.05, 0.1) is 29.0 Å². The summed E-state index contributed by atoms with van der Waals surface area (Å²) in [7, 11) is -3.18. The van der Waals surface area contributed by atoms with Crippen LogP contribution in [0.25, 0.3) is 0 Å². The molecule has 1 amide bonds. The summed E-state index contributed by atoms with van der Waals surface area (Å²) in [5.74, 6) is -1.29. The highest BCUT2D eigenvalue weighted by Crippen LogP contribution is 2.31. The maximum Gasteiger partial charge on any atom is 0.416 e. The van der Waals surface area contributed by atoms with Gasteiger partial charge in [0.25, 0.3) is 0 Å². The highest BCUT2D eigenvalue weighted by Gasteiger charge is 2.34. The van der Waals surface area contributed by atoms with Crippen molar-refractivity contribution in [1.82, 2.24) is 5.32 Å². The summed E-state index contributed by atoms with van der Waals surface area (Å²) in [6, 6.07) is 4.09. The van der Waals surface area contributed by atoms with Gasteiger partial charge in [-0.05, 0) is 31.0 Å². The first-order valence-corrected chi connectivity index (χ1v) is 8.58. The Hall–Kier alpha value is -1.57. The van der Waals surface area contributed by atoms with Gasteiger partial charge in [0.1, 0.15) is 0 Å². The summed E-state index contributed by atoms with van der Waals surface area (Å²) in [6.45, 7) is 1.57. The van der Waals surface area contributed by atoms with Gasteiger partial charge in [0.15, 0.2) is 9.84 Å². The predicted octanol–water partition coefficient (Wildman–Crippen LogP) is 2.32. The van der Waals surface area contributed by atoms with Crippen LogP contribution in [0.15, 0.2) is 24.3 Å². The van der Waals surface area contributed by atoms with Crippen LogP contribution in [0, 0.1) is 5.92 Å². The van der Waals surface area contributed by atoms with Crippen LogP contribution >= 0.6 is 0 Å². The monoisotopic (exact) mass is 335 g/mol. The minimum atomic E-state index is -4.45. The smallest absolute Gasteiger partial charge is 0.349 e. The Morgan fingerprint density at radius 3 is 2.59 bits per heavy atom. The Balaban J connectivity index is 2.06. The van der Waals surface area contributed by atoms with Crippen LogP contribution in [-0.2, 0) is 20.8 Å². The summed E-state index contributed by atoms with van der Waals surface area (Å²) >= 11 is 0. The molecule has 1 saturated heterocycles. The number of hydrogen-bond acceptors (Lipinski definition) is 3. The largest absolute Gasteiger partial charge is 0.416 e. The van der Waals surface area contributed by atoms with Crippen LogP contribution in [0.4, 0.5) is 13.2 Å². The molecule has 22 heavy (non-hydrogen) atoms. The van der Waals surface area contributed by atoms with Crippen molar-refractivity contribution in [3.05, 3.63) is 35.4 Å². The normalized spacial score (nSPS) is 22.3. The summed E-state index contributed by atoms with van der Waals surface area (Å²) in [5.41, 5.74) is -0.460. The predicted molar refractivity (Wildman–Crippen MR) is 74.8 cm³/mol. The molecule has 0 radical (unpaired) electrons. The number of sulfone groups is 1. The second-order valence-corrected chi connectivity index (χ2v) is 7.68. The number of benzene rings is 1. The number of carbonyl (C=O) groups is 1. The average molecular weight is 335 g/mol. The van der Waals surface area contributed by atoms with Crippen LogP contribution in [0.2, 0.25) is 0 Å². The minimum Gasteiger partial charge on any atom is -0.349 e. The van der Waals surface area contributed by atoms with Gasteiger partial charge in [0.2, 0.25) is 5.91 Å². The fourth-order valence-electron chi connectivity index (χ4n) is 2.40. The Kier molecular flexibility index (Phi) is 4.51. The molecule has 2 rings (SSSR count). The third-order valence-electron chi connectivity index (χ3n) is 3.68. The molecule has 0 aromatic heterocycles. The van der Waals surface area contributed by atoms with Gasteiger partial charge in [-0.2, -0.15) is 13.2 Å². The second-order valence-electron chi connectivity index (χ2n) is 5.45. The number of rotatable bonds is 3. The lowest BCUT2D eigenvalue weighted by atomic mass is 10.0. The van der Waals surface area contributed by atoms with Gasteiger partial charge in [-0.15, -0.1) is 0 Å². The van der Waals surface area contributed by atoms with Gasteiger partial charge < -0.3 is 5.32 Å². The molecule has 0 bridgehead atoms. The molecule has 1 N–H and O–H groups in total. The average Bonchev–Trinajstić information content (AvgIpc) is 2.78. The molecule has 1 aliphatic rings. The van der Waals surface area contributed by atoms with E-state index >= 15 is 0 Å². The van der Waals surface area contributed by atoms with E-state index in [1.54, 1.807) is 6.92 Å². The van der Waals surface area contributed by atoms with E-state index in [4.69, 9.17) is 0 Å². The van der Waals surface area contributed by atoms with Crippen LogP contribution < -0.4 is 5.32 Å². The van der Waals surface area contributed by atoms with Crippen molar-refractivity contribution in [3.8, 4) is 0 Å². The van der Waals surface area contributed by atoms with E-state index in [1.807, 2.05) is 0 Å². The summed E-state index contributed by atoms with van der Waals surface area (Å²) < 4.78 is 60.7. The van der Waals surface area contributed by atoms with E-state index in [9.17, 15) is 26.4 Å². The number of carbonyl (C=O) groups excluding carboxylic acids is 1. The van der Waals surface area contributed by atoms with Gasteiger partial charge in [-0.1, -0.05) is 12.1 Å². The Labute approximate surface area is 126 Å². The summed E-state index contributed by atoms with van der Waals surface area (Å²) in [4.78, 5) is 12.0. The summed E-state index contributed by atoms with van der Waals surface area (Å²) in [6.07, 6.45) is -4.19. The van der Waals surface area contributed by atoms with Crippen molar-refractivity contribution in [2.75, 3.05) is 11.5 Å². The van der Waals surface area contributed by atoms with Gasteiger partial charge in [0, 0.05) is 0 Å². The van der Waals surface area contributed by atoms with Crippen LogP contribution in [0.3, 0.4) is 0 Å². The van der Waals surface area contributed by atoms with E-state index in [0.717, 1.165) is 12.1 Å². The number of amides is 1. The molecule has 1 aliphatic heterocycles. The number of halogens is 3. The lowest BCUT2D eigenvalue weighted by molar-refractivity contribution is -0.137. The first kappa shape index (κ1) is 16.8. The third-order valence-corrected chi connectivity index (χ3v) is 5.44. The first-order valence-electron chi connectivity index (χ1n) is 6.76. The van der Waals surface area contributed by atoms with E-state index in [1.165, 1.54) is 12.1 Å². The van der Waals surface area contributed by atoms with Crippen molar-refractivity contribution in [2.24, 2.45) is 5.92 Å². The van der Waals surface area contributed by atoms with Crippen molar-refractivity contribution >= 4 is 15.7 Å². The van der Waals surface area contributed by atoms with Gasteiger partial charge in [-0.25, -0.2) is 8.42 Å². The highest BCUT2D eigenvalue weighted by atomic mass is 32.2. The fraction of sp³-hybridized carbons (Fsp3) is 0.500. The van der Waals surface area contributed by atoms with E-state index in [-0.39, 0.29) is 17.9 Å². The zero-order valence-electron chi connectivity index (χ0n) is 11.9. The number of alkyl halides is 3. The third kappa shape index (κ3) is 4.00. The zero-order chi connectivity index (χ0) is 16.5. The van der Waals surface area contributed by atoms with Crippen molar-refractivity contribution in [2.45, 2.75) is 25.6 Å². The van der Waals surface area contributed by atoms with E-state index in [2.05, 4.69) is 5.32 Å². The van der Waals surface area contributed by atoms with Crippen LogP contribution in [0.1, 0.15) is 30.5 Å². The Bertz CT molecular complexity index is 670. The van der Waals surface area contributed by atoms with Crippen molar-refractivity contribution in [3.63, 3.8) is 0 Å². The SMILES string of the molecule is CC(NC(=O)C1CCS(=O)(=O)C1)c1cccc(C(F)(F)F)c1. The van der Waals surface area contributed by atoms with Gasteiger partial charge in [-0.3, -0.25) is 4.79 Å². The topological polar surface area (TPSA) is 63.2 Å². The van der Waals surface area contributed by atoms with Crippen LogP contribution in [-0.4, -0.2) is 25.8 Å². The van der Waals surface area contributed by atoms with Gasteiger partial charge >= 0.3 is 6.18 Å². The lowest BCUT2D eigenvalue weighted by Crippen LogP contribution is -2.33. The van der Waals surface area contributed by atoms with E-state index in [0.29, 0.717) is 5.56 Å². The molecule has 122 valence electrons. The number of nitrogens with one attached hydrogen (secondary N) is 1. The van der Waals surface area contributed by atoms with Crippen molar-refractivity contribution < 1.29 is 26.4 Å². The van der Waals surface area contributed by atoms with E-state index < -0.39 is 39.4 Å². The molecule has 1 fully saturated rings. The molecule has 1 aromatic carbocycles. The zero-order valence-corrected chi connectivity index (χ0v) is 12.7. The quantitative estimate of drug-likeness (QED) is 0.922. The molecule has 8 heteroatoms. The molecular weight excluding hydrogens is 319 g/mol. The maximum atomic E-state index is 12.7. The lowest BCUT2D eigenvalue weighted by Gasteiger charge is -2.18. The fourth-order valence-corrected chi connectivity index (χ4v) is 4.14. The first-order chi connectivity index (χ1) is 10.1. The molecule has 0 aliphatic carbocycles. The highest BCUT2D eigenvalue weighted by molar-refractivity contribution is 7.91. The van der Waals surface area contributed by atoms with Crippen LogP contribution in [0.5, 0.6) is 0 Å². The molecule has 4 nitrogen and oxygen atoms in total. The summed E-state index contributed by atoms with van der Waals surface area (Å²) in [5, 5.41) is 2.58. The Morgan fingerprint density at radius 2 is 2.05 bits per heavy atom. The Morgan fingerprint density at radius 1 is 1.36 bits per heavy atom. The molecule has 1 heterocycles. The standard InChI is InChI=1S/C14H16F3NO3S/c1-9(10-3-2-4-12(7-10)14(15,16)17)18-13(19)11-5-6-22(20,21)8-11/h2-4,7,9,11H,5-6,8H2,1H3,(H,18,19). The number of hydrogen-bond donors (Lipinski definition) is 1. The van der Waals surface area contributed by atoms with Crippen molar-refractivity contribution in [1.29, 1.82) is 0 Å².